The molecule has 1 heterocycles. The second-order valence-electron chi connectivity index (χ2n) is 4.46. The topological polar surface area (TPSA) is 33.5 Å². The summed E-state index contributed by atoms with van der Waals surface area (Å²) in [7, 11) is 0. The van der Waals surface area contributed by atoms with Crippen LogP contribution in [-0.2, 0) is 0 Å². The Hall–Kier alpha value is -2.03. The van der Waals surface area contributed by atoms with E-state index in [0.29, 0.717) is 11.3 Å². The number of aryl methyl sites for hydroxylation is 1. The minimum absolute atomic E-state index is 0.0702. The van der Waals surface area contributed by atoms with E-state index in [1.807, 2.05) is 31.2 Å². The highest BCUT2D eigenvalue weighted by Gasteiger charge is 2.13. The van der Waals surface area contributed by atoms with Crippen LogP contribution in [0, 0.1) is 6.92 Å². The van der Waals surface area contributed by atoms with E-state index < -0.39 is 0 Å². The molecular weight excluding hydrogens is 238 g/mol. The molecule has 0 spiro atoms. The number of ketones is 1. The Balaban J connectivity index is 2.21. The van der Waals surface area contributed by atoms with Crippen molar-refractivity contribution in [1.82, 2.24) is 0 Å². The van der Waals surface area contributed by atoms with E-state index in [4.69, 9.17) is 4.42 Å². The first kappa shape index (κ1) is 13.4. The fourth-order valence-corrected chi connectivity index (χ4v) is 2.11. The van der Waals surface area contributed by atoms with Crippen LogP contribution in [0.3, 0.4) is 0 Å². The molecule has 3 nitrogen and oxygen atoms in total. The number of carbonyl (C=O) groups is 1. The van der Waals surface area contributed by atoms with Gasteiger partial charge in [0.05, 0.1) is 0 Å². The van der Waals surface area contributed by atoms with Gasteiger partial charge in [-0.1, -0.05) is 0 Å². The minimum atomic E-state index is -0.0702. The standard InChI is InChI=1S/C16H19NO2/c1-4-17(5-2)14-9-7-13(8-10-14)16(18)15-11-6-12(3)19-15/h6-11H,4-5H2,1-3H3. The van der Waals surface area contributed by atoms with Gasteiger partial charge in [-0.15, -0.1) is 0 Å². The lowest BCUT2D eigenvalue weighted by Crippen LogP contribution is -2.21. The van der Waals surface area contributed by atoms with Crippen LogP contribution in [0.2, 0.25) is 0 Å². The van der Waals surface area contributed by atoms with Gasteiger partial charge in [0.1, 0.15) is 5.76 Å². The van der Waals surface area contributed by atoms with E-state index in [9.17, 15) is 4.79 Å². The Morgan fingerprint density at radius 2 is 1.68 bits per heavy atom. The van der Waals surface area contributed by atoms with Gasteiger partial charge in [0.15, 0.2) is 5.76 Å². The molecule has 0 atom stereocenters. The zero-order valence-electron chi connectivity index (χ0n) is 11.6. The molecule has 2 rings (SSSR count). The normalized spacial score (nSPS) is 10.5. The summed E-state index contributed by atoms with van der Waals surface area (Å²) in [6.45, 7) is 7.99. The summed E-state index contributed by atoms with van der Waals surface area (Å²) in [6.07, 6.45) is 0. The second kappa shape index (κ2) is 5.74. The molecule has 1 aromatic carbocycles. The molecule has 0 aliphatic carbocycles. The Labute approximate surface area is 113 Å². The third kappa shape index (κ3) is 2.87. The zero-order valence-corrected chi connectivity index (χ0v) is 11.6. The molecule has 100 valence electrons. The van der Waals surface area contributed by atoms with Gasteiger partial charge >= 0.3 is 0 Å². The van der Waals surface area contributed by atoms with Crippen molar-refractivity contribution in [2.24, 2.45) is 0 Å². The average Bonchev–Trinajstić information content (AvgIpc) is 2.87. The molecule has 0 unspecified atom stereocenters. The van der Waals surface area contributed by atoms with Crippen molar-refractivity contribution in [3.63, 3.8) is 0 Å². The van der Waals surface area contributed by atoms with Crippen LogP contribution in [0.1, 0.15) is 35.7 Å². The highest BCUT2D eigenvalue weighted by Crippen LogP contribution is 2.18. The van der Waals surface area contributed by atoms with Gasteiger partial charge in [0, 0.05) is 24.3 Å². The van der Waals surface area contributed by atoms with E-state index in [2.05, 4.69) is 18.7 Å². The van der Waals surface area contributed by atoms with E-state index >= 15 is 0 Å². The lowest BCUT2D eigenvalue weighted by Gasteiger charge is -2.20. The quantitative estimate of drug-likeness (QED) is 0.766. The molecule has 1 aromatic heterocycles. The van der Waals surface area contributed by atoms with Crippen molar-refractivity contribution < 1.29 is 9.21 Å². The Morgan fingerprint density at radius 3 is 2.16 bits per heavy atom. The number of nitrogens with zero attached hydrogens (tertiary/aromatic N) is 1. The smallest absolute Gasteiger partial charge is 0.228 e. The lowest BCUT2D eigenvalue weighted by atomic mass is 10.1. The van der Waals surface area contributed by atoms with Crippen molar-refractivity contribution >= 4 is 11.5 Å². The first-order valence-electron chi connectivity index (χ1n) is 6.61. The van der Waals surface area contributed by atoms with Gasteiger partial charge in [0.2, 0.25) is 5.78 Å². The third-order valence-electron chi connectivity index (χ3n) is 3.22. The first-order chi connectivity index (χ1) is 9.15. The van der Waals surface area contributed by atoms with E-state index in [-0.39, 0.29) is 5.78 Å². The van der Waals surface area contributed by atoms with Crippen LogP contribution in [-0.4, -0.2) is 18.9 Å². The summed E-state index contributed by atoms with van der Waals surface area (Å²) in [5.41, 5.74) is 1.79. The number of rotatable bonds is 5. The minimum Gasteiger partial charge on any atom is -0.458 e. The van der Waals surface area contributed by atoms with Crippen LogP contribution in [0.25, 0.3) is 0 Å². The summed E-state index contributed by atoms with van der Waals surface area (Å²) in [5, 5.41) is 0. The van der Waals surface area contributed by atoms with Crippen molar-refractivity contribution in [2.75, 3.05) is 18.0 Å². The Kier molecular flexibility index (Phi) is 4.05. The van der Waals surface area contributed by atoms with Gasteiger partial charge in [-0.2, -0.15) is 0 Å². The number of carbonyl (C=O) groups excluding carboxylic acids is 1. The van der Waals surface area contributed by atoms with Gasteiger partial charge in [0.25, 0.3) is 0 Å². The SMILES string of the molecule is CCN(CC)c1ccc(C(=O)c2ccc(C)o2)cc1. The Morgan fingerprint density at radius 1 is 1.05 bits per heavy atom. The summed E-state index contributed by atoms with van der Waals surface area (Å²) >= 11 is 0. The molecule has 0 fully saturated rings. The summed E-state index contributed by atoms with van der Waals surface area (Å²) in [4.78, 5) is 14.4. The fourth-order valence-electron chi connectivity index (χ4n) is 2.11. The van der Waals surface area contributed by atoms with Gasteiger partial charge in [-0.05, 0) is 57.2 Å². The second-order valence-corrected chi connectivity index (χ2v) is 4.46. The number of anilines is 1. The molecule has 2 aromatic rings. The Bertz CT molecular complexity index is 550. The van der Waals surface area contributed by atoms with Crippen molar-refractivity contribution in [1.29, 1.82) is 0 Å². The number of hydrogen-bond acceptors (Lipinski definition) is 3. The monoisotopic (exact) mass is 257 g/mol. The van der Waals surface area contributed by atoms with Crippen LogP contribution in [0.15, 0.2) is 40.8 Å². The molecule has 19 heavy (non-hydrogen) atoms. The summed E-state index contributed by atoms with van der Waals surface area (Å²) < 4.78 is 5.36. The van der Waals surface area contributed by atoms with Crippen LogP contribution >= 0.6 is 0 Å². The van der Waals surface area contributed by atoms with E-state index in [1.54, 1.807) is 12.1 Å². The van der Waals surface area contributed by atoms with Gasteiger partial charge in [-0.25, -0.2) is 0 Å². The van der Waals surface area contributed by atoms with Crippen LogP contribution in [0.5, 0.6) is 0 Å². The summed E-state index contributed by atoms with van der Waals surface area (Å²) in [5.74, 6) is 1.08. The van der Waals surface area contributed by atoms with Gasteiger partial charge in [-0.3, -0.25) is 4.79 Å². The molecule has 0 radical (unpaired) electrons. The maximum atomic E-state index is 12.2. The predicted molar refractivity (Wildman–Crippen MR) is 76.9 cm³/mol. The highest BCUT2D eigenvalue weighted by atomic mass is 16.3. The zero-order chi connectivity index (χ0) is 13.8. The third-order valence-corrected chi connectivity index (χ3v) is 3.22. The van der Waals surface area contributed by atoms with E-state index in [0.717, 1.165) is 24.5 Å². The fraction of sp³-hybridized carbons (Fsp3) is 0.312. The molecule has 0 bridgehead atoms. The number of furan rings is 1. The molecule has 0 saturated carbocycles. The number of hydrogen-bond donors (Lipinski definition) is 0. The van der Waals surface area contributed by atoms with Crippen LogP contribution < -0.4 is 4.90 Å². The average molecular weight is 257 g/mol. The largest absolute Gasteiger partial charge is 0.458 e. The number of benzene rings is 1. The van der Waals surface area contributed by atoms with Crippen LogP contribution in [0.4, 0.5) is 5.69 Å². The molecule has 0 aliphatic heterocycles. The summed E-state index contributed by atoms with van der Waals surface area (Å²) in [6, 6.07) is 11.2. The highest BCUT2D eigenvalue weighted by molar-refractivity contribution is 6.07. The van der Waals surface area contributed by atoms with Crippen molar-refractivity contribution in [2.45, 2.75) is 20.8 Å². The predicted octanol–water partition coefficient (Wildman–Crippen LogP) is 3.67. The molecular formula is C16H19NO2. The van der Waals surface area contributed by atoms with Crippen molar-refractivity contribution in [3.8, 4) is 0 Å². The van der Waals surface area contributed by atoms with Crippen molar-refractivity contribution in [3.05, 3.63) is 53.5 Å². The molecule has 0 saturated heterocycles. The van der Waals surface area contributed by atoms with Gasteiger partial charge < -0.3 is 9.32 Å². The first-order valence-corrected chi connectivity index (χ1v) is 6.61. The molecule has 0 N–H and O–H groups in total. The maximum Gasteiger partial charge on any atom is 0.228 e. The lowest BCUT2D eigenvalue weighted by molar-refractivity contribution is 0.101. The maximum absolute atomic E-state index is 12.2. The molecule has 0 aliphatic rings. The molecule has 0 amide bonds. The van der Waals surface area contributed by atoms with E-state index in [1.165, 1.54) is 0 Å². The molecule has 3 heteroatoms.